The molecule has 0 spiro atoms. The lowest BCUT2D eigenvalue weighted by atomic mass is 9.99. The van der Waals surface area contributed by atoms with E-state index >= 15 is 0 Å². The van der Waals surface area contributed by atoms with Crippen molar-refractivity contribution >= 4 is 55.8 Å². The summed E-state index contributed by atoms with van der Waals surface area (Å²) in [5.41, 5.74) is 1.07. The molecule has 0 unspecified atom stereocenters. The molecule has 2 saturated heterocycles. The molecule has 3 heterocycles. The molecule has 0 saturated carbocycles. The highest BCUT2D eigenvalue weighted by atomic mass is 32.2. The Morgan fingerprint density at radius 2 is 1.96 bits per heavy atom. The summed E-state index contributed by atoms with van der Waals surface area (Å²) in [4.78, 5) is 21.7. The fraction of sp³-hybridized carbons (Fsp3) is 0.526. The Bertz CT molecular complexity index is 767. The van der Waals surface area contributed by atoms with Gasteiger partial charge in [0.25, 0.3) is 0 Å². The number of aromatic nitrogens is 1. The Morgan fingerprint density at radius 1 is 1.19 bits per heavy atom. The Hall–Kier alpha value is -1.18. The van der Waals surface area contributed by atoms with Crippen LogP contribution in [0.3, 0.4) is 0 Å². The van der Waals surface area contributed by atoms with Gasteiger partial charge in [-0.05, 0) is 37.8 Å². The van der Waals surface area contributed by atoms with Gasteiger partial charge in [-0.25, -0.2) is 4.98 Å². The average Bonchev–Trinajstić information content (AvgIpc) is 3.35. The van der Waals surface area contributed by atoms with Crippen molar-refractivity contribution in [1.29, 1.82) is 0 Å². The number of hydrogen-bond donors (Lipinski definition) is 0. The van der Waals surface area contributed by atoms with Gasteiger partial charge in [-0.1, -0.05) is 36.1 Å². The van der Waals surface area contributed by atoms with Crippen LogP contribution in [-0.2, 0) is 4.79 Å². The number of likely N-dealkylation sites (tertiary alicyclic amines) is 2. The average molecular weight is 406 g/mol. The summed E-state index contributed by atoms with van der Waals surface area (Å²) in [6, 6.07) is 8.28. The van der Waals surface area contributed by atoms with E-state index in [-0.39, 0.29) is 5.91 Å². The second-order valence-electron chi connectivity index (χ2n) is 6.95. The highest BCUT2D eigenvalue weighted by Gasteiger charge is 2.27. The second kappa shape index (κ2) is 8.23. The minimum absolute atomic E-state index is 0.211. The van der Waals surface area contributed by atoms with Gasteiger partial charge in [0.2, 0.25) is 5.91 Å². The van der Waals surface area contributed by atoms with Gasteiger partial charge in [0.1, 0.15) is 4.32 Å². The fourth-order valence-corrected chi connectivity index (χ4v) is 5.92. The van der Waals surface area contributed by atoms with Crippen LogP contribution in [-0.4, -0.2) is 56.9 Å². The van der Waals surface area contributed by atoms with E-state index < -0.39 is 0 Å². The molecule has 1 amide bonds. The van der Waals surface area contributed by atoms with Gasteiger partial charge >= 0.3 is 0 Å². The van der Waals surface area contributed by atoms with E-state index in [4.69, 9.17) is 17.2 Å². The van der Waals surface area contributed by atoms with Gasteiger partial charge in [0.15, 0.2) is 0 Å². The van der Waals surface area contributed by atoms with Crippen molar-refractivity contribution in [3.8, 4) is 0 Å². The summed E-state index contributed by atoms with van der Waals surface area (Å²) in [5, 5.41) is 1.17. The molecule has 1 atom stereocenters. The number of carbonyl (C=O) groups is 1. The van der Waals surface area contributed by atoms with Crippen molar-refractivity contribution in [1.82, 2.24) is 14.8 Å². The number of fused-ring (bicyclic) bond motifs is 1. The van der Waals surface area contributed by atoms with E-state index in [1.54, 1.807) is 11.3 Å². The van der Waals surface area contributed by atoms with Gasteiger partial charge < -0.3 is 9.80 Å². The molecular weight excluding hydrogens is 382 g/mol. The van der Waals surface area contributed by atoms with Crippen LogP contribution in [0.25, 0.3) is 10.2 Å². The van der Waals surface area contributed by atoms with Crippen LogP contribution in [0.1, 0.15) is 36.6 Å². The van der Waals surface area contributed by atoms with E-state index in [0.717, 1.165) is 48.9 Å². The lowest BCUT2D eigenvalue weighted by Crippen LogP contribution is -2.40. The van der Waals surface area contributed by atoms with E-state index in [0.29, 0.717) is 11.7 Å². The van der Waals surface area contributed by atoms with Crippen LogP contribution >= 0.6 is 35.3 Å². The molecule has 0 N–H and O–H groups in total. The Kier molecular flexibility index (Phi) is 5.76. The summed E-state index contributed by atoms with van der Waals surface area (Å²) in [6.45, 7) is 3.74. The van der Waals surface area contributed by atoms with Crippen molar-refractivity contribution in [3.05, 3.63) is 29.3 Å². The van der Waals surface area contributed by atoms with E-state index in [2.05, 4.69) is 23.1 Å². The number of piperidine rings is 1. The molecule has 0 bridgehead atoms. The fourth-order valence-electron chi connectivity index (χ4n) is 3.68. The SMILES string of the molecule is O=C(CSC(=S)N1CCCC1)N1CCC[C@H](c2nc3ccccc3s2)C1. The van der Waals surface area contributed by atoms with Crippen LogP contribution in [0.5, 0.6) is 0 Å². The third-order valence-electron chi connectivity index (χ3n) is 5.12. The van der Waals surface area contributed by atoms with Gasteiger partial charge in [-0.3, -0.25) is 4.79 Å². The second-order valence-corrected chi connectivity index (χ2v) is 9.62. The number of benzene rings is 1. The number of hydrogen-bond acceptors (Lipinski definition) is 5. The topological polar surface area (TPSA) is 36.4 Å². The van der Waals surface area contributed by atoms with Gasteiger partial charge in [0.05, 0.1) is 21.0 Å². The van der Waals surface area contributed by atoms with Crippen LogP contribution in [0, 0.1) is 0 Å². The van der Waals surface area contributed by atoms with Crippen molar-refractivity contribution in [2.24, 2.45) is 0 Å². The highest BCUT2D eigenvalue weighted by molar-refractivity contribution is 8.23. The number of carbonyl (C=O) groups excluding carboxylic acids is 1. The highest BCUT2D eigenvalue weighted by Crippen LogP contribution is 2.33. The zero-order valence-corrected chi connectivity index (χ0v) is 17.2. The van der Waals surface area contributed by atoms with Crippen molar-refractivity contribution in [2.45, 2.75) is 31.6 Å². The maximum atomic E-state index is 12.7. The van der Waals surface area contributed by atoms with Crippen molar-refractivity contribution in [2.75, 3.05) is 31.9 Å². The number of thiazole rings is 1. The van der Waals surface area contributed by atoms with Crippen molar-refractivity contribution < 1.29 is 4.79 Å². The largest absolute Gasteiger partial charge is 0.358 e. The molecule has 138 valence electrons. The van der Waals surface area contributed by atoms with Gasteiger partial charge in [-0.2, -0.15) is 0 Å². The molecule has 2 fully saturated rings. The standard InChI is InChI=1S/C19H23N3OS3/c23-17(13-25-19(24)21-9-3-4-10-21)22-11-5-6-14(12-22)18-20-15-7-1-2-8-16(15)26-18/h1-2,7-8,14H,3-6,9-13H2/t14-/m0/s1. The van der Waals surface area contributed by atoms with Crippen LogP contribution in [0.4, 0.5) is 0 Å². The first-order chi connectivity index (χ1) is 12.7. The monoisotopic (exact) mass is 405 g/mol. The first-order valence-electron chi connectivity index (χ1n) is 9.25. The lowest BCUT2D eigenvalue weighted by Gasteiger charge is -2.32. The number of nitrogens with zero attached hydrogens (tertiary/aromatic N) is 3. The molecule has 26 heavy (non-hydrogen) atoms. The summed E-state index contributed by atoms with van der Waals surface area (Å²) < 4.78 is 2.12. The quantitative estimate of drug-likeness (QED) is 0.718. The Balaban J connectivity index is 1.35. The zero-order valence-electron chi connectivity index (χ0n) is 14.7. The number of rotatable bonds is 3. The molecule has 2 aliphatic rings. The van der Waals surface area contributed by atoms with Crippen LogP contribution < -0.4 is 0 Å². The minimum Gasteiger partial charge on any atom is -0.358 e. The molecule has 1 aromatic carbocycles. The predicted molar refractivity (Wildman–Crippen MR) is 114 cm³/mol. The summed E-state index contributed by atoms with van der Waals surface area (Å²) in [5.74, 6) is 1.03. The Morgan fingerprint density at radius 3 is 2.77 bits per heavy atom. The Labute approximate surface area is 168 Å². The lowest BCUT2D eigenvalue weighted by molar-refractivity contribution is -0.129. The van der Waals surface area contributed by atoms with Crippen LogP contribution in [0.15, 0.2) is 24.3 Å². The maximum absolute atomic E-state index is 12.7. The summed E-state index contributed by atoms with van der Waals surface area (Å²) in [6.07, 6.45) is 4.59. The summed E-state index contributed by atoms with van der Waals surface area (Å²) >= 11 is 8.78. The third-order valence-corrected chi connectivity index (χ3v) is 7.82. The number of para-hydroxylation sites is 1. The number of thioether (sulfide) groups is 1. The third kappa shape index (κ3) is 4.05. The smallest absolute Gasteiger partial charge is 0.233 e. The minimum atomic E-state index is 0.211. The molecular formula is C19H23N3OS3. The van der Waals surface area contributed by atoms with Gasteiger partial charge in [-0.15, -0.1) is 11.3 Å². The zero-order chi connectivity index (χ0) is 17.9. The van der Waals surface area contributed by atoms with Gasteiger partial charge in [0, 0.05) is 32.1 Å². The van der Waals surface area contributed by atoms with Crippen LogP contribution in [0.2, 0.25) is 0 Å². The molecule has 4 nitrogen and oxygen atoms in total. The molecule has 4 rings (SSSR count). The molecule has 2 aromatic rings. The molecule has 0 aliphatic carbocycles. The number of amides is 1. The van der Waals surface area contributed by atoms with Crippen molar-refractivity contribution in [3.63, 3.8) is 0 Å². The molecule has 1 aromatic heterocycles. The molecule has 0 radical (unpaired) electrons. The number of thiocarbonyl (C=S) groups is 1. The van der Waals surface area contributed by atoms with E-state index in [1.807, 2.05) is 11.0 Å². The normalized spacial score (nSPS) is 20.7. The first-order valence-corrected chi connectivity index (χ1v) is 11.5. The molecule has 7 heteroatoms. The predicted octanol–water partition coefficient (Wildman–Crippen LogP) is 4.12. The summed E-state index contributed by atoms with van der Waals surface area (Å²) in [7, 11) is 0. The first kappa shape index (κ1) is 18.2. The molecule has 2 aliphatic heterocycles. The van der Waals surface area contributed by atoms with E-state index in [9.17, 15) is 4.79 Å². The van der Waals surface area contributed by atoms with E-state index in [1.165, 1.54) is 34.3 Å². The maximum Gasteiger partial charge on any atom is 0.233 e.